The molecule has 0 saturated carbocycles. The van der Waals surface area contributed by atoms with Crippen molar-refractivity contribution < 1.29 is 9.47 Å². The van der Waals surface area contributed by atoms with Crippen LogP contribution in [0, 0.1) is 0 Å². The number of aromatic amines is 1. The van der Waals surface area contributed by atoms with Gasteiger partial charge in [0.15, 0.2) is 5.82 Å². The molecule has 2 heterocycles. The number of para-hydroxylation sites is 2. The van der Waals surface area contributed by atoms with Gasteiger partial charge >= 0.3 is 0 Å². The first-order valence-corrected chi connectivity index (χ1v) is 10.5. The Kier molecular flexibility index (Phi) is 6.02. The molecular weight excluding hydrogens is 414 g/mol. The third-order valence-electron chi connectivity index (χ3n) is 5.03. The standard InChI is InChI=1S/C26H21N5O2/c1-3-10-24-20(7-1)14-15-22(27-24)17-32-23-9-5-6-19(16-23)12-13-21-8-2-4-11-25(21)33-18-26-28-30-31-29-26/h1-16H,17-18H2,(H,28,29,30,31)/b13-12+. The SMILES string of the molecule is C(=C\c1ccccc1OCc1nnn[nH]1)/c1cccc(OCc2ccc3ccccc3n2)c1. The summed E-state index contributed by atoms with van der Waals surface area (Å²) in [6.07, 6.45) is 4.04. The van der Waals surface area contributed by atoms with Gasteiger partial charge in [0.25, 0.3) is 0 Å². The molecule has 5 aromatic rings. The van der Waals surface area contributed by atoms with Crippen LogP contribution in [0.4, 0.5) is 0 Å². The predicted octanol–water partition coefficient (Wildman–Crippen LogP) is 5.08. The highest BCUT2D eigenvalue weighted by Crippen LogP contribution is 2.23. The topological polar surface area (TPSA) is 85.8 Å². The van der Waals surface area contributed by atoms with E-state index in [-0.39, 0.29) is 6.61 Å². The summed E-state index contributed by atoms with van der Waals surface area (Å²) in [7, 11) is 0. The second-order valence-electron chi connectivity index (χ2n) is 7.36. The molecule has 0 unspecified atom stereocenters. The number of fused-ring (bicyclic) bond motifs is 1. The first-order valence-electron chi connectivity index (χ1n) is 10.5. The van der Waals surface area contributed by atoms with E-state index >= 15 is 0 Å². The van der Waals surface area contributed by atoms with E-state index in [2.05, 4.69) is 37.7 Å². The Balaban J connectivity index is 1.25. The number of hydrogen-bond acceptors (Lipinski definition) is 6. The van der Waals surface area contributed by atoms with Gasteiger partial charge in [0.2, 0.25) is 0 Å². The van der Waals surface area contributed by atoms with Gasteiger partial charge in [0.05, 0.1) is 11.2 Å². The monoisotopic (exact) mass is 435 g/mol. The Morgan fingerprint density at radius 3 is 2.64 bits per heavy atom. The van der Waals surface area contributed by atoms with Crippen molar-refractivity contribution in [1.82, 2.24) is 25.6 Å². The van der Waals surface area contributed by atoms with Crippen molar-refractivity contribution in [2.45, 2.75) is 13.2 Å². The number of hydrogen-bond donors (Lipinski definition) is 1. The van der Waals surface area contributed by atoms with Crippen molar-refractivity contribution in [3.63, 3.8) is 0 Å². The molecule has 0 bridgehead atoms. The number of ether oxygens (including phenoxy) is 2. The van der Waals surface area contributed by atoms with Crippen LogP contribution in [0.15, 0.2) is 84.9 Å². The Morgan fingerprint density at radius 1 is 0.788 bits per heavy atom. The van der Waals surface area contributed by atoms with Gasteiger partial charge in [0.1, 0.15) is 24.7 Å². The molecule has 7 heteroatoms. The number of aromatic nitrogens is 5. The second kappa shape index (κ2) is 9.74. The summed E-state index contributed by atoms with van der Waals surface area (Å²) >= 11 is 0. The molecule has 7 nitrogen and oxygen atoms in total. The highest BCUT2D eigenvalue weighted by atomic mass is 16.5. The summed E-state index contributed by atoms with van der Waals surface area (Å²) in [5.41, 5.74) is 3.84. The second-order valence-corrected chi connectivity index (χ2v) is 7.36. The van der Waals surface area contributed by atoms with E-state index in [1.54, 1.807) is 0 Å². The Hall–Kier alpha value is -4.52. The Morgan fingerprint density at radius 2 is 1.70 bits per heavy atom. The van der Waals surface area contributed by atoms with E-state index < -0.39 is 0 Å². The zero-order valence-electron chi connectivity index (χ0n) is 17.8. The molecule has 3 aromatic carbocycles. The lowest BCUT2D eigenvalue weighted by Crippen LogP contribution is -1.99. The lowest BCUT2D eigenvalue weighted by atomic mass is 10.1. The van der Waals surface area contributed by atoms with Crippen LogP contribution in [0.3, 0.4) is 0 Å². The van der Waals surface area contributed by atoms with Crippen molar-refractivity contribution in [2.24, 2.45) is 0 Å². The maximum Gasteiger partial charge on any atom is 0.186 e. The van der Waals surface area contributed by atoms with Crippen molar-refractivity contribution in [3.05, 3.63) is 108 Å². The summed E-state index contributed by atoms with van der Waals surface area (Å²) in [5, 5.41) is 14.8. The highest BCUT2D eigenvalue weighted by molar-refractivity contribution is 5.78. The summed E-state index contributed by atoms with van der Waals surface area (Å²) in [5.74, 6) is 2.11. The largest absolute Gasteiger partial charge is 0.487 e. The molecule has 5 rings (SSSR count). The van der Waals surface area contributed by atoms with Gasteiger partial charge in [-0.25, -0.2) is 10.1 Å². The van der Waals surface area contributed by atoms with E-state index in [0.29, 0.717) is 12.4 Å². The van der Waals surface area contributed by atoms with Crippen molar-refractivity contribution in [1.29, 1.82) is 0 Å². The average Bonchev–Trinajstić information content (AvgIpc) is 3.39. The molecule has 0 aliphatic rings. The fraction of sp³-hybridized carbons (Fsp3) is 0.0769. The van der Waals surface area contributed by atoms with E-state index in [1.807, 2.05) is 84.9 Å². The minimum Gasteiger partial charge on any atom is -0.487 e. The molecule has 0 atom stereocenters. The van der Waals surface area contributed by atoms with Crippen LogP contribution in [-0.4, -0.2) is 25.6 Å². The number of pyridine rings is 1. The molecule has 0 radical (unpaired) electrons. The van der Waals surface area contributed by atoms with Crippen molar-refractivity contribution >= 4 is 23.1 Å². The van der Waals surface area contributed by atoms with E-state index in [1.165, 1.54) is 0 Å². The van der Waals surface area contributed by atoms with Crippen LogP contribution < -0.4 is 9.47 Å². The summed E-state index contributed by atoms with van der Waals surface area (Å²) in [4.78, 5) is 4.67. The number of tetrazole rings is 1. The van der Waals surface area contributed by atoms with Crippen LogP contribution >= 0.6 is 0 Å². The van der Waals surface area contributed by atoms with Crippen LogP contribution in [-0.2, 0) is 13.2 Å². The molecule has 0 aliphatic carbocycles. The van der Waals surface area contributed by atoms with E-state index in [0.717, 1.165) is 39.2 Å². The van der Waals surface area contributed by atoms with Crippen LogP contribution in [0.5, 0.6) is 11.5 Å². The third-order valence-corrected chi connectivity index (χ3v) is 5.03. The van der Waals surface area contributed by atoms with Gasteiger partial charge in [-0.2, -0.15) is 0 Å². The summed E-state index contributed by atoms with van der Waals surface area (Å²) < 4.78 is 11.8. The molecule has 0 fully saturated rings. The first kappa shape index (κ1) is 20.4. The first-order chi connectivity index (χ1) is 16.3. The van der Waals surface area contributed by atoms with Gasteiger partial charge in [-0.05, 0) is 46.3 Å². The van der Waals surface area contributed by atoms with Gasteiger partial charge in [-0.1, -0.05) is 66.7 Å². The highest BCUT2D eigenvalue weighted by Gasteiger charge is 2.04. The van der Waals surface area contributed by atoms with E-state index in [4.69, 9.17) is 9.47 Å². The maximum atomic E-state index is 5.99. The minimum atomic E-state index is 0.268. The molecule has 0 amide bonds. The number of H-pyrrole nitrogens is 1. The zero-order valence-corrected chi connectivity index (χ0v) is 17.8. The van der Waals surface area contributed by atoms with Gasteiger partial charge in [0, 0.05) is 10.9 Å². The molecule has 1 N–H and O–H groups in total. The maximum absolute atomic E-state index is 5.99. The molecule has 162 valence electrons. The van der Waals surface area contributed by atoms with Crippen molar-refractivity contribution in [3.8, 4) is 11.5 Å². The number of rotatable bonds is 8. The lowest BCUT2D eigenvalue weighted by Gasteiger charge is -2.08. The van der Waals surface area contributed by atoms with E-state index in [9.17, 15) is 0 Å². The molecule has 33 heavy (non-hydrogen) atoms. The lowest BCUT2D eigenvalue weighted by molar-refractivity contribution is 0.295. The van der Waals surface area contributed by atoms with Crippen LogP contribution in [0.1, 0.15) is 22.6 Å². The van der Waals surface area contributed by atoms with Gasteiger partial charge in [-0.3, -0.25) is 0 Å². The summed E-state index contributed by atoms with van der Waals surface area (Å²) in [6.45, 7) is 0.676. The summed E-state index contributed by atoms with van der Waals surface area (Å²) in [6, 6.07) is 27.9. The average molecular weight is 435 g/mol. The normalized spacial score (nSPS) is 11.2. The molecule has 0 saturated heterocycles. The molecule has 0 spiro atoms. The zero-order chi connectivity index (χ0) is 22.3. The fourth-order valence-electron chi connectivity index (χ4n) is 3.38. The minimum absolute atomic E-state index is 0.268. The molecule has 2 aromatic heterocycles. The number of nitrogens with zero attached hydrogens (tertiary/aromatic N) is 4. The van der Waals surface area contributed by atoms with Gasteiger partial charge < -0.3 is 9.47 Å². The Labute approximate surface area is 190 Å². The van der Waals surface area contributed by atoms with Gasteiger partial charge in [-0.15, -0.1) is 5.10 Å². The fourth-order valence-corrected chi connectivity index (χ4v) is 3.38. The number of benzene rings is 3. The van der Waals surface area contributed by atoms with Crippen LogP contribution in [0.2, 0.25) is 0 Å². The number of nitrogens with one attached hydrogen (secondary N) is 1. The molecular formula is C26H21N5O2. The predicted molar refractivity (Wildman–Crippen MR) is 126 cm³/mol. The molecule has 0 aliphatic heterocycles. The quantitative estimate of drug-likeness (QED) is 0.342. The smallest absolute Gasteiger partial charge is 0.186 e. The Bertz CT molecular complexity index is 1380. The third kappa shape index (κ3) is 5.22. The van der Waals surface area contributed by atoms with Crippen molar-refractivity contribution in [2.75, 3.05) is 0 Å². The van der Waals surface area contributed by atoms with Crippen LogP contribution in [0.25, 0.3) is 23.1 Å².